The smallest absolute Gasteiger partial charge is 0.269 e. The quantitative estimate of drug-likeness (QED) is 0.693. The molecule has 0 saturated heterocycles. The molecule has 5 nitrogen and oxygen atoms in total. The fraction of sp³-hybridized carbons (Fsp3) is 0.118. The summed E-state index contributed by atoms with van der Waals surface area (Å²) in [6.45, 7) is -0.0327. The summed E-state index contributed by atoms with van der Waals surface area (Å²) in [7, 11) is 1.55. The molecular weight excluding hydrogens is 280 g/mol. The van der Waals surface area contributed by atoms with E-state index in [4.69, 9.17) is 4.74 Å². The van der Waals surface area contributed by atoms with Gasteiger partial charge in [-0.25, -0.2) is 4.98 Å². The van der Waals surface area contributed by atoms with E-state index >= 15 is 0 Å². The first-order valence-corrected chi connectivity index (χ1v) is 6.81. The lowest BCUT2D eigenvalue weighted by Crippen LogP contribution is -2.24. The summed E-state index contributed by atoms with van der Waals surface area (Å²) >= 11 is 0. The van der Waals surface area contributed by atoms with E-state index in [1.54, 1.807) is 43.5 Å². The van der Waals surface area contributed by atoms with Gasteiger partial charge in [0.25, 0.3) is 5.56 Å². The van der Waals surface area contributed by atoms with Crippen molar-refractivity contribution in [3.8, 4) is 5.75 Å². The summed E-state index contributed by atoms with van der Waals surface area (Å²) < 4.78 is 6.55. The van der Waals surface area contributed by atoms with Crippen LogP contribution in [0.4, 0.5) is 0 Å². The Hall–Kier alpha value is -2.95. The number of carbonyl (C=O) groups excluding carboxylic acids is 1. The maximum Gasteiger partial charge on any atom is 0.269 e. The minimum Gasteiger partial charge on any atom is -0.497 e. The Morgan fingerprint density at radius 1 is 1.18 bits per heavy atom. The highest BCUT2D eigenvalue weighted by atomic mass is 16.5. The number of hydrogen-bond acceptors (Lipinski definition) is 4. The van der Waals surface area contributed by atoms with Crippen LogP contribution >= 0.6 is 0 Å². The average molecular weight is 294 g/mol. The molecule has 0 aliphatic rings. The van der Waals surface area contributed by atoms with Gasteiger partial charge < -0.3 is 4.74 Å². The number of aromatic nitrogens is 2. The second-order valence-corrected chi connectivity index (χ2v) is 4.83. The third kappa shape index (κ3) is 2.61. The van der Waals surface area contributed by atoms with E-state index in [-0.39, 0.29) is 17.9 Å². The Balaban J connectivity index is 2.01. The summed E-state index contributed by atoms with van der Waals surface area (Å²) in [6.07, 6.45) is 1.24. The topological polar surface area (TPSA) is 61.2 Å². The fourth-order valence-corrected chi connectivity index (χ4v) is 2.31. The number of ether oxygens (including phenoxy) is 1. The van der Waals surface area contributed by atoms with Crippen LogP contribution in [0.1, 0.15) is 10.4 Å². The maximum atomic E-state index is 12.4. The second-order valence-electron chi connectivity index (χ2n) is 4.83. The zero-order valence-corrected chi connectivity index (χ0v) is 12.0. The molecule has 0 bridgehead atoms. The van der Waals surface area contributed by atoms with Crippen molar-refractivity contribution in [2.75, 3.05) is 7.11 Å². The molecule has 0 saturated carbocycles. The largest absolute Gasteiger partial charge is 0.497 e. The number of rotatable bonds is 4. The first kappa shape index (κ1) is 14.0. The Bertz CT molecular complexity index is 900. The molecule has 2 aromatic carbocycles. The number of ketones is 1. The summed E-state index contributed by atoms with van der Waals surface area (Å²) in [6, 6.07) is 14.1. The highest BCUT2D eigenvalue weighted by molar-refractivity contribution is 5.96. The number of carbonyl (C=O) groups is 1. The van der Waals surface area contributed by atoms with Gasteiger partial charge in [0.15, 0.2) is 5.78 Å². The Kier molecular flexibility index (Phi) is 3.70. The number of methoxy groups -OCH3 is 1. The van der Waals surface area contributed by atoms with Gasteiger partial charge in [0.2, 0.25) is 0 Å². The van der Waals surface area contributed by atoms with E-state index in [0.29, 0.717) is 22.3 Å². The first-order chi connectivity index (χ1) is 10.7. The standard InChI is InChI=1S/C17H14N2O3/c1-22-13-6-4-5-12(9-13)16(20)11-19-15-8-3-2-7-14(15)18-10-17(19)21/h2-10H,11H2,1H3. The molecule has 0 aliphatic carbocycles. The molecule has 0 aliphatic heterocycles. The number of nitrogens with zero attached hydrogens (tertiary/aromatic N) is 2. The van der Waals surface area contributed by atoms with Gasteiger partial charge in [0.1, 0.15) is 5.75 Å². The van der Waals surface area contributed by atoms with Crippen molar-refractivity contribution in [3.05, 3.63) is 70.6 Å². The Labute approximate surface area is 126 Å². The predicted octanol–water partition coefficient (Wildman–Crippen LogP) is 2.29. The van der Waals surface area contributed by atoms with Gasteiger partial charge in [-0.3, -0.25) is 14.2 Å². The fourth-order valence-electron chi connectivity index (χ4n) is 2.31. The normalized spacial score (nSPS) is 10.6. The number of fused-ring (bicyclic) bond motifs is 1. The maximum absolute atomic E-state index is 12.4. The first-order valence-electron chi connectivity index (χ1n) is 6.81. The molecule has 0 N–H and O–H groups in total. The second kappa shape index (κ2) is 5.81. The monoisotopic (exact) mass is 294 g/mol. The van der Waals surface area contributed by atoms with Crippen LogP contribution in [-0.2, 0) is 6.54 Å². The molecule has 3 aromatic rings. The van der Waals surface area contributed by atoms with Crippen molar-refractivity contribution in [2.45, 2.75) is 6.54 Å². The third-order valence-electron chi connectivity index (χ3n) is 3.45. The number of benzene rings is 2. The summed E-state index contributed by atoms with van der Waals surface area (Å²) in [5.41, 5.74) is 1.54. The van der Waals surface area contributed by atoms with Crippen molar-refractivity contribution >= 4 is 16.8 Å². The third-order valence-corrected chi connectivity index (χ3v) is 3.45. The minimum atomic E-state index is -0.296. The summed E-state index contributed by atoms with van der Waals surface area (Å²) in [5, 5.41) is 0. The van der Waals surface area contributed by atoms with Crippen LogP contribution in [0.15, 0.2) is 59.5 Å². The highest BCUT2D eigenvalue weighted by Crippen LogP contribution is 2.14. The van der Waals surface area contributed by atoms with Gasteiger partial charge in [-0.05, 0) is 24.3 Å². The van der Waals surface area contributed by atoms with Crippen LogP contribution in [0.5, 0.6) is 5.75 Å². The van der Waals surface area contributed by atoms with Crippen LogP contribution in [0.25, 0.3) is 11.0 Å². The van der Waals surface area contributed by atoms with E-state index in [2.05, 4.69) is 4.98 Å². The molecule has 0 atom stereocenters. The lowest BCUT2D eigenvalue weighted by molar-refractivity contribution is 0.0972. The van der Waals surface area contributed by atoms with Gasteiger partial charge >= 0.3 is 0 Å². The van der Waals surface area contributed by atoms with E-state index in [0.717, 1.165) is 0 Å². The van der Waals surface area contributed by atoms with Crippen molar-refractivity contribution in [3.63, 3.8) is 0 Å². The predicted molar refractivity (Wildman–Crippen MR) is 83.3 cm³/mol. The molecule has 110 valence electrons. The summed E-state index contributed by atoms with van der Waals surface area (Å²) in [5.74, 6) is 0.454. The lowest BCUT2D eigenvalue weighted by atomic mass is 10.1. The molecule has 0 radical (unpaired) electrons. The van der Waals surface area contributed by atoms with Crippen LogP contribution in [0, 0.1) is 0 Å². The van der Waals surface area contributed by atoms with Crippen LogP contribution in [0.2, 0.25) is 0 Å². The van der Waals surface area contributed by atoms with E-state index in [1.807, 2.05) is 12.1 Å². The van der Waals surface area contributed by atoms with Gasteiger partial charge in [0, 0.05) is 5.56 Å². The van der Waals surface area contributed by atoms with Gasteiger partial charge in [0.05, 0.1) is 30.9 Å². The molecule has 0 fully saturated rings. The number of para-hydroxylation sites is 2. The van der Waals surface area contributed by atoms with Crippen molar-refractivity contribution in [1.82, 2.24) is 9.55 Å². The van der Waals surface area contributed by atoms with Crippen molar-refractivity contribution < 1.29 is 9.53 Å². The summed E-state index contributed by atoms with van der Waals surface area (Å²) in [4.78, 5) is 28.6. The van der Waals surface area contributed by atoms with Crippen LogP contribution in [-0.4, -0.2) is 22.4 Å². The molecule has 0 spiro atoms. The number of hydrogen-bond donors (Lipinski definition) is 0. The molecule has 22 heavy (non-hydrogen) atoms. The van der Waals surface area contributed by atoms with Crippen molar-refractivity contribution in [1.29, 1.82) is 0 Å². The molecule has 1 heterocycles. The average Bonchev–Trinajstić information content (AvgIpc) is 2.57. The van der Waals surface area contributed by atoms with Crippen LogP contribution in [0.3, 0.4) is 0 Å². The highest BCUT2D eigenvalue weighted by Gasteiger charge is 2.11. The van der Waals surface area contributed by atoms with Crippen molar-refractivity contribution in [2.24, 2.45) is 0 Å². The SMILES string of the molecule is COc1cccc(C(=O)Cn2c(=O)cnc3ccccc32)c1. The van der Waals surface area contributed by atoms with E-state index < -0.39 is 0 Å². The van der Waals surface area contributed by atoms with E-state index in [9.17, 15) is 9.59 Å². The molecule has 1 aromatic heterocycles. The van der Waals surface area contributed by atoms with Crippen LogP contribution < -0.4 is 10.3 Å². The Morgan fingerprint density at radius 2 is 2.00 bits per heavy atom. The zero-order valence-electron chi connectivity index (χ0n) is 12.0. The minimum absolute atomic E-state index is 0.0327. The van der Waals surface area contributed by atoms with Gasteiger partial charge in [-0.15, -0.1) is 0 Å². The van der Waals surface area contributed by atoms with Gasteiger partial charge in [-0.1, -0.05) is 24.3 Å². The van der Waals surface area contributed by atoms with Gasteiger partial charge in [-0.2, -0.15) is 0 Å². The molecule has 5 heteroatoms. The zero-order chi connectivity index (χ0) is 15.5. The molecule has 0 amide bonds. The lowest BCUT2D eigenvalue weighted by Gasteiger charge is -2.09. The molecular formula is C17H14N2O3. The van der Waals surface area contributed by atoms with E-state index in [1.165, 1.54) is 10.8 Å². The Morgan fingerprint density at radius 3 is 2.82 bits per heavy atom. The molecule has 0 unspecified atom stereocenters. The number of Topliss-reactive ketones (excluding diaryl/α,β-unsaturated/α-hetero) is 1. The molecule has 3 rings (SSSR count).